The van der Waals surface area contributed by atoms with Crippen molar-refractivity contribution >= 4 is 11.9 Å². The number of ketones is 1. The molecule has 1 amide bonds. The van der Waals surface area contributed by atoms with Gasteiger partial charge >= 0.3 is 6.09 Å². The molecule has 126 valence electrons. The monoisotopic (exact) mass is 317 g/mol. The minimum Gasteiger partial charge on any atom is -0.453 e. The van der Waals surface area contributed by atoms with Crippen molar-refractivity contribution in [2.24, 2.45) is 0 Å². The SMILES string of the molecule is COC(=O)NC1CC(C)(C)c2cc(C(C)(C)C)cc(C(C)=O)c21. The van der Waals surface area contributed by atoms with Crippen molar-refractivity contribution in [2.75, 3.05) is 7.11 Å². The van der Waals surface area contributed by atoms with Gasteiger partial charge in [0.25, 0.3) is 0 Å². The second-order valence-corrected chi connectivity index (χ2v) is 8.07. The lowest BCUT2D eigenvalue weighted by atomic mass is 9.79. The first-order valence-electron chi connectivity index (χ1n) is 8.01. The number of carbonyl (C=O) groups is 2. The van der Waals surface area contributed by atoms with Gasteiger partial charge in [0.05, 0.1) is 13.2 Å². The van der Waals surface area contributed by atoms with Crippen LogP contribution in [0.5, 0.6) is 0 Å². The van der Waals surface area contributed by atoms with Crippen LogP contribution in [0.3, 0.4) is 0 Å². The zero-order chi connectivity index (χ0) is 17.6. The summed E-state index contributed by atoms with van der Waals surface area (Å²) < 4.78 is 4.74. The summed E-state index contributed by atoms with van der Waals surface area (Å²) in [5.74, 6) is 0.0294. The first-order valence-corrected chi connectivity index (χ1v) is 8.01. The van der Waals surface area contributed by atoms with Gasteiger partial charge in [-0.25, -0.2) is 4.79 Å². The molecule has 0 aromatic heterocycles. The fraction of sp³-hybridized carbons (Fsp3) is 0.579. The van der Waals surface area contributed by atoms with Crippen LogP contribution in [0, 0.1) is 0 Å². The first kappa shape index (κ1) is 17.5. The Bertz CT molecular complexity index is 653. The minimum atomic E-state index is -0.465. The van der Waals surface area contributed by atoms with Gasteiger partial charge in [0, 0.05) is 5.56 Å². The summed E-state index contributed by atoms with van der Waals surface area (Å²) in [7, 11) is 1.35. The third kappa shape index (κ3) is 3.26. The molecule has 0 aliphatic heterocycles. The molecular formula is C19H27NO3. The van der Waals surface area contributed by atoms with Gasteiger partial charge < -0.3 is 10.1 Å². The van der Waals surface area contributed by atoms with Gasteiger partial charge in [-0.15, -0.1) is 0 Å². The van der Waals surface area contributed by atoms with Crippen LogP contribution in [-0.4, -0.2) is 19.0 Å². The van der Waals surface area contributed by atoms with Crippen LogP contribution in [0.2, 0.25) is 0 Å². The highest BCUT2D eigenvalue weighted by molar-refractivity contribution is 5.97. The third-order valence-electron chi connectivity index (χ3n) is 4.69. The number of methoxy groups -OCH3 is 1. The smallest absolute Gasteiger partial charge is 0.407 e. The Hall–Kier alpha value is -1.84. The van der Waals surface area contributed by atoms with Gasteiger partial charge in [0.15, 0.2) is 5.78 Å². The van der Waals surface area contributed by atoms with Gasteiger partial charge in [-0.05, 0) is 46.9 Å². The minimum absolute atomic E-state index is 0.0294. The Labute approximate surface area is 138 Å². The summed E-state index contributed by atoms with van der Waals surface area (Å²) in [6.07, 6.45) is 0.290. The van der Waals surface area contributed by atoms with Gasteiger partial charge in [-0.3, -0.25) is 4.79 Å². The van der Waals surface area contributed by atoms with Crippen molar-refractivity contribution < 1.29 is 14.3 Å². The fourth-order valence-electron chi connectivity index (χ4n) is 3.36. The summed E-state index contributed by atoms with van der Waals surface area (Å²) >= 11 is 0. The Morgan fingerprint density at radius 3 is 2.35 bits per heavy atom. The van der Waals surface area contributed by atoms with E-state index in [2.05, 4.69) is 46.0 Å². The number of hydrogen-bond acceptors (Lipinski definition) is 3. The maximum atomic E-state index is 12.3. The summed E-state index contributed by atoms with van der Waals surface area (Å²) in [6.45, 7) is 12.3. The van der Waals surface area contributed by atoms with Gasteiger partial charge in [0.1, 0.15) is 0 Å². The molecule has 1 atom stereocenters. The normalized spacial score (nSPS) is 19.2. The Kier molecular flexibility index (Phi) is 4.31. The number of Topliss-reactive ketones (excluding diaryl/α,β-unsaturated/α-hetero) is 1. The quantitative estimate of drug-likeness (QED) is 0.829. The number of rotatable bonds is 2. The van der Waals surface area contributed by atoms with Crippen LogP contribution in [0.25, 0.3) is 0 Å². The van der Waals surface area contributed by atoms with E-state index in [1.807, 2.05) is 6.07 Å². The van der Waals surface area contributed by atoms with E-state index in [9.17, 15) is 9.59 Å². The molecule has 0 bridgehead atoms. The topological polar surface area (TPSA) is 55.4 Å². The third-order valence-corrected chi connectivity index (χ3v) is 4.69. The molecular weight excluding hydrogens is 290 g/mol. The van der Waals surface area contributed by atoms with Crippen LogP contribution in [0.4, 0.5) is 4.79 Å². The Balaban J connectivity index is 2.66. The largest absolute Gasteiger partial charge is 0.453 e. The number of hydrogen-bond donors (Lipinski definition) is 1. The number of fused-ring (bicyclic) bond motifs is 1. The highest BCUT2D eigenvalue weighted by Gasteiger charge is 2.41. The van der Waals surface area contributed by atoms with Crippen molar-refractivity contribution in [2.45, 2.75) is 64.8 Å². The number of nitrogens with one attached hydrogen (secondary N) is 1. The standard InChI is InChI=1S/C19H27NO3/c1-11(21)13-8-12(18(2,3)4)9-14-16(13)15(10-19(14,5)6)20-17(22)23-7/h8-9,15H,10H2,1-7H3,(H,20,22). The Morgan fingerprint density at radius 2 is 1.87 bits per heavy atom. The van der Waals surface area contributed by atoms with E-state index < -0.39 is 6.09 Å². The van der Waals surface area contributed by atoms with Gasteiger partial charge in [-0.2, -0.15) is 0 Å². The van der Waals surface area contributed by atoms with Crippen LogP contribution < -0.4 is 5.32 Å². The van der Waals surface area contributed by atoms with Crippen LogP contribution in [-0.2, 0) is 15.6 Å². The van der Waals surface area contributed by atoms with Crippen LogP contribution >= 0.6 is 0 Å². The second kappa shape index (κ2) is 5.66. The van der Waals surface area contributed by atoms with E-state index in [0.29, 0.717) is 5.56 Å². The number of carbonyl (C=O) groups excluding carboxylic acids is 2. The molecule has 4 heteroatoms. The molecule has 4 nitrogen and oxygen atoms in total. The van der Waals surface area contributed by atoms with E-state index in [-0.39, 0.29) is 22.7 Å². The van der Waals surface area contributed by atoms with Crippen molar-refractivity contribution in [1.29, 1.82) is 0 Å². The molecule has 1 aromatic rings. The molecule has 0 saturated heterocycles. The lowest BCUT2D eigenvalue weighted by Crippen LogP contribution is -2.28. The van der Waals surface area contributed by atoms with Crippen LogP contribution in [0.1, 0.15) is 81.1 Å². The summed E-state index contributed by atoms with van der Waals surface area (Å²) in [5.41, 5.74) is 3.81. The maximum Gasteiger partial charge on any atom is 0.407 e. The lowest BCUT2D eigenvalue weighted by Gasteiger charge is -2.25. The summed E-state index contributed by atoms with van der Waals surface area (Å²) in [4.78, 5) is 23.9. The van der Waals surface area contributed by atoms with E-state index in [1.54, 1.807) is 6.92 Å². The number of amides is 1. The molecule has 0 heterocycles. The molecule has 0 spiro atoms. The maximum absolute atomic E-state index is 12.3. The first-order chi connectivity index (χ1) is 10.5. The van der Waals surface area contributed by atoms with Crippen molar-refractivity contribution in [1.82, 2.24) is 5.32 Å². The number of alkyl carbamates (subject to hydrolysis) is 1. The van der Waals surface area contributed by atoms with Crippen LogP contribution in [0.15, 0.2) is 12.1 Å². The van der Waals surface area contributed by atoms with Gasteiger partial charge in [0.2, 0.25) is 0 Å². The van der Waals surface area contributed by atoms with E-state index >= 15 is 0 Å². The molecule has 1 aromatic carbocycles. The predicted octanol–water partition coefficient (Wildman–Crippen LogP) is 4.27. The zero-order valence-electron chi connectivity index (χ0n) is 15.2. The molecule has 1 aliphatic rings. The number of benzene rings is 1. The van der Waals surface area contributed by atoms with E-state index in [4.69, 9.17) is 4.74 Å². The average molecular weight is 317 g/mol. The molecule has 1 N–H and O–H groups in total. The van der Waals surface area contributed by atoms with Crippen molar-refractivity contribution in [3.63, 3.8) is 0 Å². The molecule has 1 unspecified atom stereocenters. The molecule has 0 fully saturated rings. The highest BCUT2D eigenvalue weighted by Crippen LogP contribution is 2.47. The zero-order valence-corrected chi connectivity index (χ0v) is 15.2. The van der Waals surface area contributed by atoms with Crippen molar-refractivity contribution in [3.8, 4) is 0 Å². The Morgan fingerprint density at radius 1 is 1.26 bits per heavy atom. The van der Waals surface area contributed by atoms with E-state index in [1.165, 1.54) is 7.11 Å². The molecule has 0 radical (unpaired) electrons. The average Bonchev–Trinajstić information content (AvgIpc) is 2.68. The van der Waals surface area contributed by atoms with Gasteiger partial charge in [-0.1, -0.05) is 40.7 Å². The molecule has 23 heavy (non-hydrogen) atoms. The number of ether oxygens (including phenoxy) is 1. The summed E-state index contributed by atoms with van der Waals surface area (Å²) in [6, 6.07) is 3.98. The molecule has 1 aliphatic carbocycles. The van der Waals surface area contributed by atoms with E-state index in [0.717, 1.165) is 23.1 Å². The second-order valence-electron chi connectivity index (χ2n) is 8.07. The molecule has 0 saturated carbocycles. The fourth-order valence-corrected chi connectivity index (χ4v) is 3.36. The lowest BCUT2D eigenvalue weighted by molar-refractivity contribution is 0.101. The molecule has 2 rings (SSSR count). The highest BCUT2D eigenvalue weighted by atomic mass is 16.5. The van der Waals surface area contributed by atoms with Crippen molar-refractivity contribution in [3.05, 3.63) is 34.4 Å². The summed E-state index contributed by atoms with van der Waals surface area (Å²) in [5, 5.41) is 2.88. The predicted molar refractivity (Wildman–Crippen MR) is 91.1 cm³/mol.